The van der Waals surface area contributed by atoms with Crippen LogP contribution in [0.1, 0.15) is 29.5 Å². The molecule has 0 aromatic heterocycles. The van der Waals surface area contributed by atoms with Gasteiger partial charge in [0.25, 0.3) is 0 Å². The van der Waals surface area contributed by atoms with Crippen LogP contribution >= 0.6 is 11.6 Å². The fraction of sp³-hybridized carbons (Fsp3) is 0.381. The lowest BCUT2D eigenvalue weighted by atomic mass is 9.96. The molecule has 0 bridgehead atoms. The van der Waals surface area contributed by atoms with E-state index in [1.807, 2.05) is 32.0 Å². The summed E-state index contributed by atoms with van der Waals surface area (Å²) in [6.07, 6.45) is -4.22. The Balaban J connectivity index is 1.71. The first-order chi connectivity index (χ1) is 14.4. The summed E-state index contributed by atoms with van der Waals surface area (Å²) in [5.74, 6) is -0.582. The Morgan fingerprint density at radius 1 is 1.10 bits per heavy atom. The lowest BCUT2D eigenvalue weighted by Crippen LogP contribution is -2.41. The van der Waals surface area contributed by atoms with Crippen LogP contribution in [0.25, 0.3) is 0 Å². The van der Waals surface area contributed by atoms with Crippen molar-refractivity contribution in [2.75, 3.05) is 18.4 Å². The van der Waals surface area contributed by atoms with Gasteiger partial charge >= 0.3 is 6.18 Å². The Morgan fingerprint density at radius 2 is 1.68 bits per heavy atom. The Bertz CT molecular complexity index is 1080. The van der Waals surface area contributed by atoms with E-state index >= 15 is 0 Å². The summed E-state index contributed by atoms with van der Waals surface area (Å²) in [5, 5.41) is 2.36. The van der Waals surface area contributed by atoms with E-state index in [1.54, 1.807) is 0 Å². The molecular formula is C21H22ClF3N2O3S. The fourth-order valence-corrected chi connectivity index (χ4v) is 5.35. The highest BCUT2D eigenvalue weighted by molar-refractivity contribution is 7.89. The molecule has 1 aliphatic rings. The average molecular weight is 475 g/mol. The molecule has 0 spiro atoms. The van der Waals surface area contributed by atoms with Crippen LogP contribution in [0.5, 0.6) is 0 Å². The van der Waals surface area contributed by atoms with Crippen molar-refractivity contribution in [1.29, 1.82) is 0 Å². The second kappa shape index (κ2) is 8.80. The lowest BCUT2D eigenvalue weighted by Gasteiger charge is -2.31. The number of alkyl halides is 3. The number of benzene rings is 2. The highest BCUT2D eigenvalue weighted by Gasteiger charge is 2.37. The first-order valence-corrected chi connectivity index (χ1v) is 11.5. The van der Waals surface area contributed by atoms with Gasteiger partial charge in [0.1, 0.15) is 0 Å². The summed E-state index contributed by atoms with van der Waals surface area (Å²) in [6.45, 7) is 3.85. The van der Waals surface area contributed by atoms with E-state index in [9.17, 15) is 26.4 Å². The number of amides is 1. The lowest BCUT2D eigenvalue weighted by molar-refractivity contribution is -0.137. The van der Waals surface area contributed by atoms with Gasteiger partial charge in [-0.25, -0.2) is 8.42 Å². The molecule has 0 aliphatic carbocycles. The summed E-state index contributed by atoms with van der Waals surface area (Å²) < 4.78 is 66.1. The molecule has 0 atom stereocenters. The molecule has 1 N–H and O–H groups in total. The summed E-state index contributed by atoms with van der Waals surface area (Å²) in [5.41, 5.74) is 1.40. The molecule has 1 amide bonds. The average Bonchev–Trinajstić information content (AvgIpc) is 2.70. The van der Waals surface area contributed by atoms with Crippen LogP contribution in [0, 0.1) is 19.8 Å². The monoisotopic (exact) mass is 474 g/mol. The van der Waals surface area contributed by atoms with Crippen LogP contribution in [0.15, 0.2) is 41.3 Å². The summed E-state index contributed by atoms with van der Waals surface area (Å²) in [4.78, 5) is 12.2. The van der Waals surface area contributed by atoms with Crippen molar-refractivity contribution in [3.8, 4) is 0 Å². The van der Waals surface area contributed by atoms with Crippen molar-refractivity contribution in [3.05, 3.63) is 58.1 Å². The standard InChI is InChI=1S/C21H22ClF3N2O3S/c1-13-4-3-5-14(2)19(13)26-20(28)15-8-10-27(11-9-15)31(29,30)16-6-7-18(22)17(12-16)21(23,24)25/h3-7,12,15H,8-11H2,1-2H3,(H,26,28). The first-order valence-electron chi connectivity index (χ1n) is 9.65. The van der Waals surface area contributed by atoms with E-state index in [1.165, 1.54) is 0 Å². The van der Waals surface area contributed by atoms with Crippen LogP contribution in [0.2, 0.25) is 5.02 Å². The minimum atomic E-state index is -4.76. The molecular weight excluding hydrogens is 453 g/mol. The number of piperidine rings is 1. The van der Waals surface area contributed by atoms with Crippen molar-refractivity contribution in [1.82, 2.24) is 4.31 Å². The van der Waals surface area contributed by atoms with E-state index in [-0.39, 0.29) is 37.8 Å². The van der Waals surface area contributed by atoms with Gasteiger partial charge in [-0.05, 0) is 56.0 Å². The van der Waals surface area contributed by atoms with Gasteiger partial charge in [-0.3, -0.25) is 4.79 Å². The summed E-state index contributed by atoms with van der Waals surface area (Å²) in [6, 6.07) is 8.22. The van der Waals surface area contributed by atoms with Crippen molar-refractivity contribution >= 4 is 33.2 Å². The number of nitrogens with zero attached hydrogens (tertiary/aromatic N) is 1. The molecule has 1 aliphatic heterocycles. The number of rotatable bonds is 4. The van der Waals surface area contributed by atoms with Crippen LogP contribution in [-0.4, -0.2) is 31.7 Å². The number of carbonyl (C=O) groups excluding carboxylic acids is 1. The summed E-state index contributed by atoms with van der Waals surface area (Å²) in [7, 11) is -4.14. The zero-order chi connectivity index (χ0) is 23.0. The summed E-state index contributed by atoms with van der Waals surface area (Å²) >= 11 is 5.59. The Hall–Kier alpha value is -2.10. The number of hydrogen-bond donors (Lipinski definition) is 1. The highest BCUT2D eigenvalue weighted by atomic mass is 35.5. The number of aryl methyl sites for hydroxylation is 2. The predicted octanol–water partition coefficient (Wildman–Crippen LogP) is 5.02. The molecule has 31 heavy (non-hydrogen) atoms. The Kier molecular flexibility index (Phi) is 6.69. The van der Waals surface area contributed by atoms with Crippen molar-refractivity contribution in [3.63, 3.8) is 0 Å². The maximum Gasteiger partial charge on any atom is 0.417 e. The molecule has 1 fully saturated rings. The third-order valence-electron chi connectivity index (χ3n) is 5.44. The van der Waals surface area contributed by atoms with Gasteiger partial charge in [-0.1, -0.05) is 29.8 Å². The number of hydrogen-bond acceptors (Lipinski definition) is 3. The van der Waals surface area contributed by atoms with Gasteiger partial charge in [0.15, 0.2) is 0 Å². The Labute approximate surface area is 184 Å². The molecule has 1 heterocycles. The quantitative estimate of drug-likeness (QED) is 0.677. The number of halogens is 4. The molecule has 0 radical (unpaired) electrons. The topological polar surface area (TPSA) is 66.5 Å². The van der Waals surface area contributed by atoms with Gasteiger partial charge in [0.2, 0.25) is 15.9 Å². The van der Waals surface area contributed by atoms with Gasteiger partial charge in [-0.2, -0.15) is 17.5 Å². The zero-order valence-electron chi connectivity index (χ0n) is 17.0. The molecule has 1 saturated heterocycles. The molecule has 10 heteroatoms. The molecule has 0 saturated carbocycles. The van der Waals surface area contributed by atoms with Crippen LogP contribution in [0.3, 0.4) is 0 Å². The first kappa shape index (κ1) is 23.6. The van der Waals surface area contributed by atoms with Gasteiger partial charge in [-0.15, -0.1) is 0 Å². The SMILES string of the molecule is Cc1cccc(C)c1NC(=O)C1CCN(S(=O)(=O)c2ccc(Cl)c(C(F)(F)F)c2)CC1. The van der Waals surface area contributed by atoms with E-state index in [0.717, 1.165) is 33.3 Å². The Morgan fingerprint density at radius 3 is 2.23 bits per heavy atom. The van der Waals surface area contributed by atoms with Crippen molar-refractivity contribution in [2.45, 2.75) is 37.8 Å². The zero-order valence-corrected chi connectivity index (χ0v) is 18.5. The number of sulfonamides is 1. The molecule has 5 nitrogen and oxygen atoms in total. The smallest absolute Gasteiger partial charge is 0.325 e. The minimum absolute atomic E-state index is 0.0388. The normalized spacial score (nSPS) is 16.3. The van der Waals surface area contributed by atoms with Crippen LogP contribution in [-0.2, 0) is 21.0 Å². The van der Waals surface area contributed by atoms with Gasteiger partial charge in [0.05, 0.1) is 15.5 Å². The van der Waals surface area contributed by atoms with Crippen LogP contribution in [0.4, 0.5) is 18.9 Å². The van der Waals surface area contributed by atoms with E-state index in [4.69, 9.17) is 11.6 Å². The number of para-hydroxylation sites is 1. The largest absolute Gasteiger partial charge is 0.417 e. The van der Waals surface area contributed by atoms with Crippen molar-refractivity contribution in [2.24, 2.45) is 5.92 Å². The van der Waals surface area contributed by atoms with Crippen LogP contribution < -0.4 is 5.32 Å². The van der Waals surface area contributed by atoms with Crippen molar-refractivity contribution < 1.29 is 26.4 Å². The molecule has 168 valence electrons. The third-order valence-corrected chi connectivity index (χ3v) is 7.66. The number of anilines is 1. The molecule has 2 aromatic rings. The molecule has 3 rings (SSSR count). The minimum Gasteiger partial charge on any atom is -0.325 e. The van der Waals surface area contributed by atoms with E-state index in [2.05, 4.69) is 5.32 Å². The predicted molar refractivity (Wildman–Crippen MR) is 112 cm³/mol. The molecule has 0 unspecified atom stereocenters. The maximum absolute atomic E-state index is 13.1. The number of carbonyl (C=O) groups is 1. The van der Waals surface area contributed by atoms with E-state index < -0.39 is 31.7 Å². The number of nitrogens with one attached hydrogen (secondary N) is 1. The van der Waals surface area contributed by atoms with Gasteiger partial charge < -0.3 is 5.32 Å². The van der Waals surface area contributed by atoms with Gasteiger partial charge in [0, 0.05) is 24.7 Å². The molecule has 2 aromatic carbocycles. The second-order valence-electron chi connectivity index (χ2n) is 7.57. The fourth-order valence-electron chi connectivity index (χ4n) is 3.63. The highest BCUT2D eigenvalue weighted by Crippen LogP contribution is 2.37. The maximum atomic E-state index is 13.1. The second-order valence-corrected chi connectivity index (χ2v) is 9.92. The van der Waals surface area contributed by atoms with E-state index in [0.29, 0.717) is 6.07 Å². The third kappa shape index (κ3) is 5.05.